The lowest BCUT2D eigenvalue weighted by Gasteiger charge is -2.58. The summed E-state index contributed by atoms with van der Waals surface area (Å²) < 4.78 is 0. The summed E-state index contributed by atoms with van der Waals surface area (Å²) in [6.45, 7) is 0.367. The molecule has 2 fully saturated rings. The first-order chi connectivity index (χ1) is 16.2. The van der Waals surface area contributed by atoms with Gasteiger partial charge in [-0.15, -0.1) is 0 Å². The molecule has 0 radical (unpaired) electrons. The summed E-state index contributed by atoms with van der Waals surface area (Å²) in [5.74, 6) is -0.333. The first kappa shape index (κ1) is 21.1. The number of aliphatic hydroxyl groups is 1. The van der Waals surface area contributed by atoms with Crippen molar-refractivity contribution < 1.29 is 14.7 Å². The smallest absolute Gasteiger partial charge is 0.255 e. The summed E-state index contributed by atoms with van der Waals surface area (Å²) in [7, 11) is 0. The molecule has 0 saturated carbocycles. The average Bonchev–Trinajstić information content (AvgIpc) is 2.85. The zero-order chi connectivity index (χ0) is 22.8. The van der Waals surface area contributed by atoms with E-state index < -0.39 is 0 Å². The summed E-state index contributed by atoms with van der Waals surface area (Å²) in [6.07, 6.45) is 7.27. The highest BCUT2D eigenvalue weighted by molar-refractivity contribution is 5.97. The molecule has 0 unspecified atom stereocenters. The lowest BCUT2D eigenvalue weighted by molar-refractivity contribution is -0.159. The molecule has 0 bridgehead atoms. The van der Waals surface area contributed by atoms with E-state index in [0.29, 0.717) is 12.1 Å². The average molecular weight is 440 g/mol. The van der Waals surface area contributed by atoms with E-state index in [1.807, 2.05) is 18.2 Å². The summed E-state index contributed by atoms with van der Waals surface area (Å²) in [5.41, 5.74) is 3.75. The van der Waals surface area contributed by atoms with Crippen LogP contribution < -0.4 is 0 Å². The van der Waals surface area contributed by atoms with Gasteiger partial charge in [0.25, 0.3) is 5.91 Å². The molecular weight excluding hydrogens is 414 g/mol. The number of amides is 2. The minimum atomic E-state index is -0.260. The molecule has 2 aliphatic rings. The van der Waals surface area contributed by atoms with Gasteiger partial charge in [0, 0.05) is 24.9 Å². The molecular formula is C27H25N3O3. The van der Waals surface area contributed by atoms with Crippen LogP contribution >= 0.6 is 0 Å². The lowest BCUT2D eigenvalue weighted by atomic mass is 9.73. The van der Waals surface area contributed by atoms with Gasteiger partial charge >= 0.3 is 0 Å². The van der Waals surface area contributed by atoms with Crippen molar-refractivity contribution in [2.45, 2.75) is 18.0 Å². The first-order valence-corrected chi connectivity index (χ1v) is 11.1. The molecule has 2 aromatic carbocycles. The van der Waals surface area contributed by atoms with Crippen molar-refractivity contribution in [1.29, 1.82) is 0 Å². The summed E-state index contributed by atoms with van der Waals surface area (Å²) in [5, 5.41) is 10.00. The van der Waals surface area contributed by atoms with E-state index >= 15 is 0 Å². The van der Waals surface area contributed by atoms with Crippen LogP contribution in [0.4, 0.5) is 0 Å². The van der Waals surface area contributed by atoms with Crippen molar-refractivity contribution in [2.24, 2.45) is 0 Å². The SMILES string of the molecule is O=C(c1cccnc1)N1CC(=O)N2[C@H](CO)[C@H](c3ccc(/C=C/c4ccccc4)cc3)[C@H]2C1. The molecule has 3 atom stereocenters. The molecule has 6 heteroatoms. The van der Waals surface area contributed by atoms with Gasteiger partial charge in [-0.2, -0.15) is 0 Å². The number of carbonyl (C=O) groups is 2. The van der Waals surface area contributed by atoms with Crippen molar-refractivity contribution in [2.75, 3.05) is 19.7 Å². The Hall–Kier alpha value is -3.77. The molecule has 3 heterocycles. The highest BCUT2D eigenvalue weighted by atomic mass is 16.3. The molecule has 2 aliphatic heterocycles. The van der Waals surface area contributed by atoms with Crippen LogP contribution in [0, 0.1) is 0 Å². The molecule has 6 nitrogen and oxygen atoms in total. The maximum Gasteiger partial charge on any atom is 0.255 e. The standard InChI is InChI=1S/C27H25N3O3/c31-18-24-26(21-12-10-20(11-13-21)9-8-19-5-2-1-3-6-19)23-16-29(17-25(32)30(23)24)27(33)22-7-4-14-28-15-22/h1-15,23-24,26,31H,16-18H2/b9-8+/t23-,24-,26-/m1/s1. The fourth-order valence-electron chi connectivity index (χ4n) is 4.91. The van der Waals surface area contributed by atoms with Crippen molar-refractivity contribution in [1.82, 2.24) is 14.8 Å². The second-order valence-electron chi connectivity index (χ2n) is 8.48. The molecule has 1 N–H and O–H groups in total. The van der Waals surface area contributed by atoms with Crippen molar-refractivity contribution in [3.8, 4) is 0 Å². The largest absolute Gasteiger partial charge is 0.394 e. The first-order valence-electron chi connectivity index (χ1n) is 11.1. The van der Waals surface area contributed by atoms with Gasteiger partial charge in [-0.1, -0.05) is 66.7 Å². The van der Waals surface area contributed by atoms with Crippen molar-refractivity contribution >= 4 is 24.0 Å². The summed E-state index contributed by atoms with van der Waals surface area (Å²) in [4.78, 5) is 33.1. The van der Waals surface area contributed by atoms with E-state index in [1.165, 1.54) is 6.20 Å². The maximum atomic E-state index is 12.9. The zero-order valence-corrected chi connectivity index (χ0v) is 18.1. The normalized spacial score (nSPS) is 22.2. The van der Waals surface area contributed by atoms with Gasteiger partial charge in [0.1, 0.15) is 6.54 Å². The fourth-order valence-corrected chi connectivity index (χ4v) is 4.91. The van der Waals surface area contributed by atoms with Gasteiger partial charge in [-0.25, -0.2) is 0 Å². The predicted molar refractivity (Wildman–Crippen MR) is 126 cm³/mol. The van der Waals surface area contributed by atoms with Crippen LogP contribution in [0.5, 0.6) is 0 Å². The third-order valence-corrected chi connectivity index (χ3v) is 6.54. The Labute approximate surface area is 192 Å². The quantitative estimate of drug-likeness (QED) is 0.620. The number of aromatic nitrogens is 1. The van der Waals surface area contributed by atoms with Gasteiger partial charge in [-0.3, -0.25) is 14.6 Å². The monoisotopic (exact) mass is 439 g/mol. The van der Waals surface area contributed by atoms with Crippen molar-refractivity contribution in [3.05, 3.63) is 101 Å². The molecule has 0 aliphatic carbocycles. The van der Waals surface area contributed by atoms with Crippen molar-refractivity contribution in [3.63, 3.8) is 0 Å². The number of benzene rings is 2. The van der Waals surface area contributed by atoms with Crippen LogP contribution in [0.25, 0.3) is 12.2 Å². The van der Waals surface area contributed by atoms with E-state index in [2.05, 4.69) is 53.5 Å². The second-order valence-corrected chi connectivity index (χ2v) is 8.48. The molecule has 2 saturated heterocycles. The summed E-state index contributed by atoms with van der Waals surface area (Å²) in [6, 6.07) is 21.4. The number of aliphatic hydroxyl groups excluding tert-OH is 1. The van der Waals surface area contributed by atoms with Crippen LogP contribution in [-0.2, 0) is 4.79 Å². The summed E-state index contributed by atoms with van der Waals surface area (Å²) >= 11 is 0. The zero-order valence-electron chi connectivity index (χ0n) is 18.1. The highest BCUT2D eigenvalue weighted by Crippen LogP contribution is 2.43. The van der Waals surface area contributed by atoms with E-state index in [4.69, 9.17) is 0 Å². The Morgan fingerprint density at radius 1 is 1.00 bits per heavy atom. The number of pyridine rings is 1. The van der Waals surface area contributed by atoms with Crippen LogP contribution in [0.3, 0.4) is 0 Å². The van der Waals surface area contributed by atoms with Crippen LogP contribution in [0.15, 0.2) is 79.1 Å². The van der Waals surface area contributed by atoms with E-state index in [0.717, 1.165) is 16.7 Å². The van der Waals surface area contributed by atoms with E-state index in [1.54, 1.807) is 28.1 Å². The fraction of sp³-hybridized carbons (Fsp3) is 0.222. The number of piperazine rings is 1. The Morgan fingerprint density at radius 3 is 2.39 bits per heavy atom. The number of carbonyl (C=O) groups excluding carboxylic acids is 2. The molecule has 1 aromatic heterocycles. The number of fused-ring (bicyclic) bond motifs is 1. The predicted octanol–water partition coefficient (Wildman–Crippen LogP) is 3.06. The van der Waals surface area contributed by atoms with Crippen LogP contribution in [0.2, 0.25) is 0 Å². The number of rotatable bonds is 5. The third kappa shape index (κ3) is 4.05. The van der Waals surface area contributed by atoms with Crippen LogP contribution in [0.1, 0.15) is 33.0 Å². The van der Waals surface area contributed by atoms with Gasteiger partial charge in [0.15, 0.2) is 0 Å². The van der Waals surface area contributed by atoms with Crippen LogP contribution in [-0.4, -0.2) is 63.5 Å². The highest BCUT2D eigenvalue weighted by Gasteiger charge is 2.54. The van der Waals surface area contributed by atoms with Gasteiger partial charge in [0.05, 0.1) is 24.3 Å². The second kappa shape index (κ2) is 9.00. The number of hydrogen-bond donors (Lipinski definition) is 1. The Bertz CT molecular complexity index is 1160. The molecule has 3 aromatic rings. The third-order valence-electron chi connectivity index (χ3n) is 6.54. The molecule has 0 spiro atoms. The maximum absolute atomic E-state index is 12.9. The van der Waals surface area contributed by atoms with E-state index in [-0.39, 0.29) is 43.0 Å². The molecule has 2 amide bonds. The van der Waals surface area contributed by atoms with Gasteiger partial charge in [-0.05, 0) is 28.8 Å². The molecule has 5 rings (SSSR count). The van der Waals surface area contributed by atoms with Gasteiger partial charge < -0.3 is 14.9 Å². The van der Waals surface area contributed by atoms with E-state index in [9.17, 15) is 14.7 Å². The Balaban J connectivity index is 1.34. The topological polar surface area (TPSA) is 73.7 Å². The Kier molecular flexibility index (Phi) is 5.75. The van der Waals surface area contributed by atoms with Gasteiger partial charge in [0.2, 0.25) is 5.91 Å². The molecule has 166 valence electrons. The lowest BCUT2D eigenvalue weighted by Crippen LogP contribution is -2.73. The number of nitrogens with zero attached hydrogens (tertiary/aromatic N) is 3. The number of hydrogen-bond acceptors (Lipinski definition) is 4. The minimum absolute atomic E-state index is 0.0180. The Morgan fingerprint density at radius 2 is 1.73 bits per heavy atom. The minimum Gasteiger partial charge on any atom is -0.394 e. The molecule has 33 heavy (non-hydrogen) atoms.